The molecule has 0 N–H and O–H groups in total. The Labute approximate surface area is 190 Å². The van der Waals surface area contributed by atoms with Gasteiger partial charge in [0, 0.05) is 50.0 Å². The SMILES string of the molecule is Cc1ccc(C(=O)N2CCN(c3oc(/C=C/c4cccc([N+](=O)[O-])c4)nc3C#N)CC2)cc1. The summed E-state index contributed by atoms with van der Waals surface area (Å²) in [7, 11) is 0. The Balaban J connectivity index is 1.44. The Bertz CT molecular complexity index is 1250. The van der Waals surface area contributed by atoms with Gasteiger partial charge in [0.05, 0.1) is 4.92 Å². The van der Waals surface area contributed by atoms with Crippen molar-refractivity contribution in [3.63, 3.8) is 0 Å². The number of hydrogen-bond donors (Lipinski definition) is 0. The normalized spacial score (nSPS) is 13.8. The highest BCUT2D eigenvalue weighted by Gasteiger charge is 2.26. The number of amides is 1. The summed E-state index contributed by atoms with van der Waals surface area (Å²) in [6, 6.07) is 15.7. The van der Waals surface area contributed by atoms with Gasteiger partial charge in [0.15, 0.2) is 0 Å². The molecule has 0 spiro atoms. The molecule has 1 saturated heterocycles. The Morgan fingerprint density at radius 2 is 1.88 bits per heavy atom. The van der Waals surface area contributed by atoms with Gasteiger partial charge >= 0.3 is 0 Å². The first-order valence-electron chi connectivity index (χ1n) is 10.4. The molecule has 0 aliphatic carbocycles. The number of non-ortho nitro benzene ring substituents is 1. The third kappa shape index (κ3) is 4.91. The van der Waals surface area contributed by atoms with Gasteiger partial charge in [0.2, 0.25) is 17.5 Å². The summed E-state index contributed by atoms with van der Waals surface area (Å²) in [4.78, 5) is 31.1. The molecule has 166 valence electrons. The van der Waals surface area contributed by atoms with E-state index in [2.05, 4.69) is 11.1 Å². The zero-order valence-electron chi connectivity index (χ0n) is 18.0. The molecule has 0 radical (unpaired) electrons. The molecule has 4 rings (SSSR count). The molecule has 3 aromatic rings. The number of rotatable bonds is 5. The van der Waals surface area contributed by atoms with Crippen LogP contribution in [-0.4, -0.2) is 46.9 Å². The zero-order valence-corrected chi connectivity index (χ0v) is 18.0. The van der Waals surface area contributed by atoms with Crippen LogP contribution in [0.15, 0.2) is 52.9 Å². The van der Waals surface area contributed by atoms with Crippen molar-refractivity contribution >= 4 is 29.6 Å². The number of nitriles is 1. The molecule has 0 unspecified atom stereocenters. The number of oxazole rings is 1. The van der Waals surface area contributed by atoms with Crippen LogP contribution < -0.4 is 4.90 Å². The largest absolute Gasteiger partial charge is 0.420 e. The average molecular weight is 443 g/mol. The lowest BCUT2D eigenvalue weighted by Gasteiger charge is -2.34. The summed E-state index contributed by atoms with van der Waals surface area (Å²) in [5, 5.41) is 20.4. The van der Waals surface area contributed by atoms with Crippen molar-refractivity contribution in [1.82, 2.24) is 9.88 Å². The lowest BCUT2D eigenvalue weighted by atomic mass is 10.1. The van der Waals surface area contributed by atoms with Gasteiger partial charge in [-0.25, -0.2) is 0 Å². The van der Waals surface area contributed by atoms with Crippen molar-refractivity contribution in [2.45, 2.75) is 6.92 Å². The molecule has 9 heteroatoms. The molecule has 1 aromatic heterocycles. The fourth-order valence-corrected chi connectivity index (χ4v) is 3.59. The Morgan fingerprint density at radius 1 is 1.15 bits per heavy atom. The Morgan fingerprint density at radius 3 is 2.55 bits per heavy atom. The number of hydrogen-bond acceptors (Lipinski definition) is 7. The predicted octanol–water partition coefficient (Wildman–Crippen LogP) is 3.90. The number of anilines is 1. The number of nitro benzene ring substituents is 1. The summed E-state index contributed by atoms with van der Waals surface area (Å²) in [6.07, 6.45) is 3.21. The minimum absolute atomic E-state index is 0.0130. The van der Waals surface area contributed by atoms with Crippen molar-refractivity contribution < 1.29 is 14.1 Å². The first-order chi connectivity index (χ1) is 15.9. The Kier molecular flexibility index (Phi) is 6.17. The van der Waals surface area contributed by atoms with E-state index >= 15 is 0 Å². The van der Waals surface area contributed by atoms with E-state index in [4.69, 9.17) is 4.42 Å². The van der Waals surface area contributed by atoms with Crippen LogP contribution in [0.1, 0.15) is 33.1 Å². The lowest BCUT2D eigenvalue weighted by molar-refractivity contribution is -0.384. The topological polar surface area (TPSA) is 117 Å². The monoisotopic (exact) mass is 443 g/mol. The van der Waals surface area contributed by atoms with Crippen molar-refractivity contribution in [3.8, 4) is 6.07 Å². The van der Waals surface area contributed by atoms with Crippen LogP contribution in [0.3, 0.4) is 0 Å². The van der Waals surface area contributed by atoms with E-state index in [-0.39, 0.29) is 23.2 Å². The van der Waals surface area contributed by atoms with Gasteiger partial charge in [-0.05, 0) is 30.7 Å². The number of aromatic nitrogens is 1. The van der Waals surface area contributed by atoms with E-state index in [0.717, 1.165) is 5.56 Å². The fourth-order valence-electron chi connectivity index (χ4n) is 3.59. The molecule has 1 aliphatic heterocycles. The van der Waals surface area contributed by atoms with E-state index < -0.39 is 4.92 Å². The third-order valence-electron chi connectivity index (χ3n) is 5.38. The smallest absolute Gasteiger partial charge is 0.270 e. The highest BCUT2D eigenvalue weighted by molar-refractivity contribution is 5.94. The number of aryl methyl sites for hydroxylation is 1. The van der Waals surface area contributed by atoms with E-state index in [0.29, 0.717) is 43.2 Å². The maximum absolute atomic E-state index is 12.7. The molecule has 1 fully saturated rings. The lowest BCUT2D eigenvalue weighted by Crippen LogP contribution is -2.48. The average Bonchev–Trinajstić information content (AvgIpc) is 3.26. The van der Waals surface area contributed by atoms with E-state index in [1.54, 1.807) is 29.2 Å². The first-order valence-corrected chi connectivity index (χ1v) is 10.4. The number of carbonyl (C=O) groups is 1. The minimum Gasteiger partial charge on any atom is -0.420 e. The molecule has 9 nitrogen and oxygen atoms in total. The molecular formula is C24H21N5O4. The van der Waals surface area contributed by atoms with Gasteiger partial charge in [0.1, 0.15) is 6.07 Å². The number of carbonyl (C=O) groups excluding carboxylic acids is 1. The molecule has 1 amide bonds. The van der Waals surface area contributed by atoms with Gasteiger partial charge in [-0.15, -0.1) is 0 Å². The van der Waals surface area contributed by atoms with Gasteiger partial charge in [-0.2, -0.15) is 10.2 Å². The number of piperazine rings is 1. The highest BCUT2D eigenvalue weighted by atomic mass is 16.6. The summed E-state index contributed by atoms with van der Waals surface area (Å²) in [5.41, 5.74) is 2.51. The van der Waals surface area contributed by atoms with Crippen molar-refractivity contribution in [2.75, 3.05) is 31.1 Å². The number of benzene rings is 2. The van der Waals surface area contributed by atoms with Gasteiger partial charge in [-0.1, -0.05) is 29.8 Å². The molecule has 0 bridgehead atoms. The van der Waals surface area contributed by atoms with E-state index in [9.17, 15) is 20.2 Å². The number of nitrogens with zero attached hydrogens (tertiary/aromatic N) is 5. The van der Waals surface area contributed by atoms with Gasteiger partial charge in [0.25, 0.3) is 11.6 Å². The molecule has 1 aliphatic rings. The van der Waals surface area contributed by atoms with E-state index in [1.807, 2.05) is 36.1 Å². The molecular weight excluding hydrogens is 422 g/mol. The van der Waals surface area contributed by atoms with Crippen LogP contribution in [0, 0.1) is 28.4 Å². The Hall–Kier alpha value is -4.45. The van der Waals surface area contributed by atoms with Crippen LogP contribution in [0.2, 0.25) is 0 Å². The van der Waals surface area contributed by atoms with E-state index in [1.165, 1.54) is 12.1 Å². The van der Waals surface area contributed by atoms with Gasteiger partial charge in [-0.3, -0.25) is 14.9 Å². The highest BCUT2D eigenvalue weighted by Crippen LogP contribution is 2.25. The van der Waals surface area contributed by atoms with Crippen LogP contribution in [-0.2, 0) is 0 Å². The van der Waals surface area contributed by atoms with Crippen LogP contribution in [0.4, 0.5) is 11.6 Å². The first kappa shape index (κ1) is 21.8. The van der Waals surface area contributed by atoms with Gasteiger partial charge < -0.3 is 14.2 Å². The quantitative estimate of drug-likeness (QED) is 0.434. The second-order valence-corrected chi connectivity index (χ2v) is 7.65. The van der Waals surface area contributed by atoms with Crippen molar-refractivity contribution in [3.05, 3.63) is 86.9 Å². The molecule has 0 atom stereocenters. The van der Waals surface area contributed by atoms with Crippen molar-refractivity contribution in [1.29, 1.82) is 5.26 Å². The van der Waals surface area contributed by atoms with Crippen LogP contribution in [0.5, 0.6) is 0 Å². The summed E-state index contributed by atoms with van der Waals surface area (Å²) < 4.78 is 5.81. The third-order valence-corrected chi connectivity index (χ3v) is 5.38. The molecule has 2 aromatic carbocycles. The summed E-state index contributed by atoms with van der Waals surface area (Å²) in [6.45, 7) is 3.99. The van der Waals surface area contributed by atoms with Crippen molar-refractivity contribution in [2.24, 2.45) is 0 Å². The molecule has 33 heavy (non-hydrogen) atoms. The predicted molar refractivity (Wildman–Crippen MR) is 123 cm³/mol. The van der Waals surface area contributed by atoms with Crippen LogP contribution in [0.25, 0.3) is 12.2 Å². The molecule has 2 heterocycles. The summed E-state index contributed by atoms with van der Waals surface area (Å²) in [5.74, 6) is 0.568. The molecule has 0 saturated carbocycles. The second kappa shape index (κ2) is 9.36. The maximum Gasteiger partial charge on any atom is 0.270 e. The number of nitro groups is 1. The second-order valence-electron chi connectivity index (χ2n) is 7.65. The van der Waals surface area contributed by atoms with Crippen LogP contribution >= 0.6 is 0 Å². The fraction of sp³-hybridized carbons (Fsp3) is 0.208. The summed E-state index contributed by atoms with van der Waals surface area (Å²) >= 11 is 0. The maximum atomic E-state index is 12.7. The zero-order chi connectivity index (χ0) is 23.4. The standard InChI is InChI=1S/C24H21N5O4/c1-17-5-8-19(9-6-17)23(30)27-11-13-28(14-12-27)24-21(16-25)26-22(33-24)10-7-18-3-2-4-20(15-18)29(31)32/h2-10,15H,11-14H2,1H3/b10-7+. The minimum atomic E-state index is -0.461.